The van der Waals surface area contributed by atoms with Crippen LogP contribution in [0.3, 0.4) is 0 Å². The van der Waals surface area contributed by atoms with Gasteiger partial charge < -0.3 is 20.1 Å². The van der Waals surface area contributed by atoms with E-state index < -0.39 is 36.0 Å². The third-order valence-electron chi connectivity index (χ3n) is 6.02. The maximum Gasteiger partial charge on any atom is 0.407 e. The molecule has 0 saturated heterocycles. The summed E-state index contributed by atoms with van der Waals surface area (Å²) in [7, 11) is 0. The Morgan fingerprint density at radius 3 is 1.91 bits per heavy atom. The van der Waals surface area contributed by atoms with E-state index in [1.807, 2.05) is 77.9 Å². The molecule has 1 atom stereocenters. The second-order valence-corrected chi connectivity index (χ2v) is 11.4. The Morgan fingerprint density at radius 1 is 0.943 bits per heavy atom. The van der Waals surface area contributed by atoms with Crippen LogP contribution in [0.5, 0.6) is 0 Å². The molecule has 2 amide bonds. The molecule has 2 aromatic rings. The molecule has 188 valence electrons. The number of rotatable bonds is 7. The summed E-state index contributed by atoms with van der Waals surface area (Å²) < 4.78 is 5.64. The zero-order chi connectivity index (χ0) is 26.0. The number of ether oxygens (including phenoxy) is 1. The van der Waals surface area contributed by atoms with Crippen molar-refractivity contribution < 1.29 is 24.2 Å². The summed E-state index contributed by atoms with van der Waals surface area (Å²) in [6.07, 6.45) is -0.703. The van der Waals surface area contributed by atoms with Gasteiger partial charge in [0.2, 0.25) is 5.91 Å². The van der Waals surface area contributed by atoms with E-state index in [-0.39, 0.29) is 24.5 Å². The third kappa shape index (κ3) is 6.41. The highest BCUT2D eigenvalue weighted by Crippen LogP contribution is 2.44. The maximum absolute atomic E-state index is 13.4. The monoisotopic (exact) mass is 480 g/mol. The van der Waals surface area contributed by atoms with Gasteiger partial charge in [-0.15, -0.1) is 0 Å². The lowest BCUT2D eigenvalue weighted by molar-refractivity contribution is -0.147. The lowest BCUT2D eigenvalue weighted by Gasteiger charge is -2.36. The van der Waals surface area contributed by atoms with Gasteiger partial charge in [0, 0.05) is 12.5 Å². The van der Waals surface area contributed by atoms with Gasteiger partial charge in [-0.2, -0.15) is 0 Å². The van der Waals surface area contributed by atoms with Crippen molar-refractivity contribution in [1.82, 2.24) is 10.2 Å². The molecule has 0 bridgehead atoms. The van der Waals surface area contributed by atoms with Crippen molar-refractivity contribution in [2.45, 2.75) is 53.5 Å². The van der Waals surface area contributed by atoms with E-state index in [1.54, 1.807) is 0 Å². The van der Waals surface area contributed by atoms with Crippen molar-refractivity contribution in [3.05, 3.63) is 59.7 Å². The standard InChI is InChI=1S/C28H36N2O5/c1-27(2,3)17-30(15-23(31)32)25(33)24(28(4,5)6)29-26(34)35-16-22-20-13-9-7-11-18(20)19-12-8-10-14-21(19)22/h7-14,22,24H,15-17H2,1-6H3,(H,29,34)(H,31,32)/t24-/m0/s1. The molecule has 0 radical (unpaired) electrons. The minimum absolute atomic E-state index is 0.0960. The summed E-state index contributed by atoms with van der Waals surface area (Å²) in [5.74, 6) is -1.64. The Balaban J connectivity index is 1.75. The quantitative estimate of drug-likeness (QED) is 0.588. The molecular weight excluding hydrogens is 444 g/mol. The fourth-order valence-corrected chi connectivity index (χ4v) is 4.54. The maximum atomic E-state index is 13.4. The molecule has 0 unspecified atom stereocenters. The second kappa shape index (κ2) is 10.1. The van der Waals surface area contributed by atoms with Crippen LogP contribution in [-0.4, -0.2) is 53.7 Å². The molecule has 0 aromatic heterocycles. The second-order valence-electron chi connectivity index (χ2n) is 11.4. The number of carbonyl (C=O) groups is 3. The Hall–Kier alpha value is -3.35. The van der Waals surface area contributed by atoms with Gasteiger partial charge in [-0.05, 0) is 33.1 Å². The van der Waals surface area contributed by atoms with E-state index >= 15 is 0 Å². The molecular formula is C28H36N2O5. The zero-order valence-corrected chi connectivity index (χ0v) is 21.4. The topological polar surface area (TPSA) is 95.9 Å². The zero-order valence-electron chi connectivity index (χ0n) is 21.4. The van der Waals surface area contributed by atoms with Gasteiger partial charge in [-0.25, -0.2) is 4.79 Å². The third-order valence-corrected chi connectivity index (χ3v) is 6.02. The largest absolute Gasteiger partial charge is 0.480 e. The first-order valence-electron chi connectivity index (χ1n) is 11.9. The van der Waals surface area contributed by atoms with Gasteiger partial charge in [0.05, 0.1) is 0 Å². The molecule has 0 fully saturated rings. The molecule has 35 heavy (non-hydrogen) atoms. The number of aliphatic carboxylic acids is 1. The van der Waals surface area contributed by atoms with Gasteiger partial charge in [-0.1, -0.05) is 90.1 Å². The first-order valence-corrected chi connectivity index (χ1v) is 11.9. The number of nitrogens with one attached hydrogen (secondary N) is 1. The summed E-state index contributed by atoms with van der Waals surface area (Å²) >= 11 is 0. The van der Waals surface area contributed by atoms with Crippen LogP contribution < -0.4 is 5.32 Å². The molecule has 0 heterocycles. The summed E-state index contributed by atoms with van der Waals surface area (Å²) in [5.41, 5.74) is 3.50. The highest BCUT2D eigenvalue weighted by molar-refractivity contribution is 5.89. The first-order chi connectivity index (χ1) is 16.3. The molecule has 0 saturated carbocycles. The van der Waals surface area contributed by atoms with Gasteiger partial charge in [0.25, 0.3) is 0 Å². The van der Waals surface area contributed by atoms with E-state index in [4.69, 9.17) is 4.74 Å². The average molecular weight is 481 g/mol. The van der Waals surface area contributed by atoms with Crippen molar-refractivity contribution in [3.63, 3.8) is 0 Å². The number of carboxylic acid groups (broad SMARTS) is 1. The Bertz CT molecular complexity index is 1050. The van der Waals surface area contributed by atoms with Crippen LogP contribution in [0, 0.1) is 10.8 Å². The molecule has 2 N–H and O–H groups in total. The normalized spacial score (nSPS) is 14.0. The molecule has 1 aliphatic carbocycles. The number of carboxylic acids is 1. The Morgan fingerprint density at radius 2 is 1.46 bits per heavy atom. The number of benzene rings is 2. The van der Waals surface area contributed by atoms with Crippen molar-refractivity contribution in [3.8, 4) is 11.1 Å². The number of hydrogen-bond acceptors (Lipinski definition) is 4. The van der Waals surface area contributed by atoms with Crippen LogP contribution in [-0.2, 0) is 14.3 Å². The molecule has 0 aliphatic heterocycles. The number of fused-ring (bicyclic) bond motifs is 3. The van der Waals surface area contributed by atoms with Crippen LogP contribution in [0.2, 0.25) is 0 Å². The fraction of sp³-hybridized carbons (Fsp3) is 0.464. The number of nitrogens with zero attached hydrogens (tertiary/aromatic N) is 1. The lowest BCUT2D eigenvalue weighted by Crippen LogP contribution is -2.56. The number of carbonyl (C=O) groups excluding carboxylic acids is 2. The highest BCUT2D eigenvalue weighted by atomic mass is 16.5. The van der Waals surface area contributed by atoms with E-state index in [1.165, 1.54) is 4.90 Å². The molecule has 3 rings (SSSR count). The highest BCUT2D eigenvalue weighted by Gasteiger charge is 2.38. The lowest BCUT2D eigenvalue weighted by atomic mass is 9.85. The van der Waals surface area contributed by atoms with Crippen molar-refractivity contribution >= 4 is 18.0 Å². The van der Waals surface area contributed by atoms with Crippen LogP contribution in [0.15, 0.2) is 48.5 Å². The predicted molar refractivity (Wildman–Crippen MR) is 135 cm³/mol. The van der Waals surface area contributed by atoms with E-state index in [0.29, 0.717) is 0 Å². The summed E-state index contributed by atoms with van der Waals surface area (Å²) in [6, 6.07) is 15.2. The smallest absolute Gasteiger partial charge is 0.407 e. The van der Waals surface area contributed by atoms with E-state index in [2.05, 4.69) is 17.4 Å². The van der Waals surface area contributed by atoms with Crippen molar-refractivity contribution in [2.75, 3.05) is 19.7 Å². The Kier molecular flexibility index (Phi) is 7.58. The Labute approximate surface area is 207 Å². The SMILES string of the molecule is CC(C)(C)CN(CC(=O)O)C(=O)[C@H](NC(=O)OCC1c2ccccc2-c2ccccc21)C(C)(C)C. The summed E-state index contributed by atoms with van der Waals surface area (Å²) in [6.45, 7) is 11.2. The number of amides is 2. The van der Waals surface area contributed by atoms with Gasteiger partial charge >= 0.3 is 12.1 Å². The van der Waals surface area contributed by atoms with Crippen LogP contribution in [0.1, 0.15) is 58.6 Å². The van der Waals surface area contributed by atoms with Crippen molar-refractivity contribution in [2.24, 2.45) is 10.8 Å². The van der Waals surface area contributed by atoms with Gasteiger partial charge in [0.1, 0.15) is 19.2 Å². The molecule has 7 heteroatoms. The average Bonchev–Trinajstić information content (AvgIpc) is 3.07. The minimum Gasteiger partial charge on any atom is -0.480 e. The minimum atomic E-state index is -1.10. The van der Waals surface area contributed by atoms with Crippen LogP contribution in [0.4, 0.5) is 4.79 Å². The fourth-order valence-electron chi connectivity index (χ4n) is 4.54. The first kappa shape index (κ1) is 26.3. The van der Waals surface area contributed by atoms with Crippen LogP contribution in [0.25, 0.3) is 11.1 Å². The summed E-state index contributed by atoms with van der Waals surface area (Å²) in [5, 5.41) is 12.1. The molecule has 2 aromatic carbocycles. The van der Waals surface area contributed by atoms with E-state index in [0.717, 1.165) is 22.3 Å². The molecule has 0 spiro atoms. The van der Waals surface area contributed by atoms with Crippen molar-refractivity contribution in [1.29, 1.82) is 0 Å². The van der Waals surface area contributed by atoms with Gasteiger partial charge in [0.15, 0.2) is 0 Å². The predicted octanol–water partition coefficient (Wildman–Crippen LogP) is 4.90. The van der Waals surface area contributed by atoms with Crippen LogP contribution >= 0.6 is 0 Å². The molecule has 7 nitrogen and oxygen atoms in total. The summed E-state index contributed by atoms with van der Waals surface area (Å²) in [4.78, 5) is 39.0. The number of hydrogen-bond donors (Lipinski definition) is 2. The van der Waals surface area contributed by atoms with Gasteiger partial charge in [-0.3, -0.25) is 9.59 Å². The van der Waals surface area contributed by atoms with E-state index in [9.17, 15) is 19.5 Å². The number of alkyl carbamates (subject to hydrolysis) is 1. The molecule has 1 aliphatic rings.